The van der Waals surface area contributed by atoms with Crippen molar-refractivity contribution in [2.45, 2.75) is 20.8 Å². The van der Waals surface area contributed by atoms with E-state index < -0.39 is 29.7 Å². The fourth-order valence-corrected chi connectivity index (χ4v) is 1.31. The molecule has 0 saturated heterocycles. The van der Waals surface area contributed by atoms with Crippen LogP contribution in [-0.4, -0.2) is 30.8 Å². The number of ketones is 1. The number of esters is 1. The molecule has 0 spiro atoms. The molecule has 0 bridgehead atoms. The molecule has 0 aromatic heterocycles. The van der Waals surface area contributed by atoms with Crippen molar-refractivity contribution in [3.05, 3.63) is 35.6 Å². The second-order valence-corrected chi connectivity index (χ2v) is 5.50. The number of hydrogen-bond donors (Lipinski definition) is 1. The summed E-state index contributed by atoms with van der Waals surface area (Å²) in [4.78, 5) is 34.6. The van der Waals surface area contributed by atoms with Crippen LogP contribution >= 0.6 is 0 Å². The van der Waals surface area contributed by atoms with E-state index in [1.165, 1.54) is 18.2 Å². The first-order valence-corrected chi connectivity index (χ1v) is 6.43. The van der Waals surface area contributed by atoms with Crippen molar-refractivity contribution in [3.63, 3.8) is 0 Å². The summed E-state index contributed by atoms with van der Waals surface area (Å²) >= 11 is 0. The molecule has 1 aromatic rings. The lowest BCUT2D eigenvalue weighted by molar-refractivity contribution is -0.149. The number of ether oxygens (including phenoxy) is 1. The van der Waals surface area contributed by atoms with Crippen molar-refractivity contribution in [3.8, 4) is 0 Å². The third-order valence-electron chi connectivity index (χ3n) is 2.71. The van der Waals surface area contributed by atoms with Crippen LogP contribution in [0.15, 0.2) is 24.3 Å². The van der Waals surface area contributed by atoms with Gasteiger partial charge in [0.2, 0.25) is 0 Å². The largest absolute Gasteiger partial charge is 0.456 e. The highest BCUT2D eigenvalue weighted by molar-refractivity contribution is 5.96. The Balaban J connectivity index is 2.42. The lowest BCUT2D eigenvalue weighted by Gasteiger charge is -2.16. The van der Waals surface area contributed by atoms with E-state index in [9.17, 15) is 18.8 Å². The zero-order valence-electron chi connectivity index (χ0n) is 12.2. The first-order chi connectivity index (χ1) is 9.71. The number of carbonyl (C=O) groups excluding carboxylic acids is 3. The average Bonchev–Trinajstić information content (AvgIpc) is 2.41. The maximum Gasteiger partial charge on any atom is 0.325 e. The van der Waals surface area contributed by atoms with Gasteiger partial charge in [0.25, 0.3) is 5.91 Å². The number of rotatable bonds is 5. The SMILES string of the molecule is CC(C)(C)C(=O)COC(=O)CNC(=O)c1ccccc1F. The molecule has 0 unspecified atom stereocenters. The molecule has 0 aliphatic heterocycles. The molecule has 1 aromatic carbocycles. The van der Waals surface area contributed by atoms with Gasteiger partial charge in [-0.15, -0.1) is 0 Å². The number of nitrogens with one attached hydrogen (secondary N) is 1. The molecular formula is C15H18FNO4. The molecule has 5 nitrogen and oxygen atoms in total. The van der Waals surface area contributed by atoms with Gasteiger partial charge >= 0.3 is 5.97 Å². The van der Waals surface area contributed by atoms with Gasteiger partial charge in [-0.1, -0.05) is 32.9 Å². The van der Waals surface area contributed by atoms with Crippen LogP contribution in [0.3, 0.4) is 0 Å². The highest BCUT2D eigenvalue weighted by atomic mass is 19.1. The van der Waals surface area contributed by atoms with Crippen LogP contribution in [0, 0.1) is 11.2 Å². The van der Waals surface area contributed by atoms with E-state index in [2.05, 4.69) is 5.32 Å². The minimum atomic E-state index is -0.753. The molecule has 1 N–H and O–H groups in total. The van der Waals surface area contributed by atoms with Crippen molar-refractivity contribution >= 4 is 17.7 Å². The topological polar surface area (TPSA) is 72.5 Å². The lowest BCUT2D eigenvalue weighted by Crippen LogP contribution is -2.33. The summed E-state index contributed by atoms with van der Waals surface area (Å²) < 4.78 is 18.1. The van der Waals surface area contributed by atoms with Crippen molar-refractivity contribution in [1.82, 2.24) is 5.32 Å². The van der Waals surface area contributed by atoms with E-state index in [4.69, 9.17) is 4.74 Å². The van der Waals surface area contributed by atoms with Gasteiger partial charge in [0.1, 0.15) is 12.4 Å². The zero-order valence-corrected chi connectivity index (χ0v) is 12.2. The molecule has 0 aliphatic rings. The maximum atomic E-state index is 13.3. The van der Waals surface area contributed by atoms with Gasteiger partial charge in [0, 0.05) is 5.41 Å². The van der Waals surface area contributed by atoms with E-state index in [0.29, 0.717) is 0 Å². The Morgan fingerprint density at radius 1 is 1.19 bits per heavy atom. The van der Waals surface area contributed by atoms with E-state index in [1.807, 2.05) is 0 Å². The molecule has 0 atom stereocenters. The third kappa shape index (κ3) is 5.33. The van der Waals surface area contributed by atoms with Crippen molar-refractivity contribution in [1.29, 1.82) is 0 Å². The minimum Gasteiger partial charge on any atom is -0.456 e. The molecule has 6 heteroatoms. The normalized spacial score (nSPS) is 10.9. The predicted octanol–water partition coefficient (Wildman–Crippen LogP) is 1.71. The van der Waals surface area contributed by atoms with Gasteiger partial charge in [0.05, 0.1) is 5.56 Å². The first kappa shape index (κ1) is 16.8. The number of amides is 1. The Kier molecular flexibility index (Phi) is 5.58. The van der Waals surface area contributed by atoms with Gasteiger partial charge in [-0.2, -0.15) is 0 Å². The zero-order chi connectivity index (χ0) is 16.0. The van der Waals surface area contributed by atoms with E-state index in [1.54, 1.807) is 20.8 Å². The Hall–Kier alpha value is -2.24. The van der Waals surface area contributed by atoms with E-state index >= 15 is 0 Å². The van der Waals surface area contributed by atoms with Crippen molar-refractivity contribution < 1.29 is 23.5 Å². The van der Waals surface area contributed by atoms with Crippen LogP contribution in [-0.2, 0) is 14.3 Å². The van der Waals surface area contributed by atoms with Gasteiger partial charge in [-0.3, -0.25) is 14.4 Å². The Labute approximate surface area is 122 Å². The number of hydrogen-bond acceptors (Lipinski definition) is 4. The van der Waals surface area contributed by atoms with Crippen LogP contribution in [0.2, 0.25) is 0 Å². The van der Waals surface area contributed by atoms with Crippen LogP contribution in [0.5, 0.6) is 0 Å². The number of carbonyl (C=O) groups is 3. The molecule has 0 saturated carbocycles. The van der Waals surface area contributed by atoms with Crippen molar-refractivity contribution in [2.75, 3.05) is 13.2 Å². The summed E-state index contributed by atoms with van der Waals surface area (Å²) in [5.74, 6) is -2.37. The third-order valence-corrected chi connectivity index (χ3v) is 2.71. The summed E-state index contributed by atoms with van der Waals surface area (Å²) in [7, 11) is 0. The minimum absolute atomic E-state index is 0.156. The van der Waals surface area contributed by atoms with E-state index in [0.717, 1.165) is 6.07 Å². The molecule has 114 valence electrons. The lowest BCUT2D eigenvalue weighted by atomic mass is 9.91. The molecule has 21 heavy (non-hydrogen) atoms. The second-order valence-electron chi connectivity index (χ2n) is 5.50. The van der Waals surface area contributed by atoms with E-state index in [-0.39, 0.29) is 18.0 Å². The smallest absolute Gasteiger partial charge is 0.325 e. The Bertz CT molecular complexity index is 549. The predicted molar refractivity (Wildman–Crippen MR) is 74.2 cm³/mol. The molecule has 1 rings (SSSR count). The summed E-state index contributed by atoms with van der Waals surface area (Å²) in [6.45, 7) is 4.36. The van der Waals surface area contributed by atoms with Gasteiger partial charge in [-0.25, -0.2) is 4.39 Å². The van der Waals surface area contributed by atoms with Crippen LogP contribution in [0.4, 0.5) is 4.39 Å². The number of benzene rings is 1. The molecule has 0 aliphatic carbocycles. The monoisotopic (exact) mass is 295 g/mol. The highest BCUT2D eigenvalue weighted by Gasteiger charge is 2.22. The molecular weight excluding hydrogens is 277 g/mol. The van der Waals surface area contributed by atoms with Crippen LogP contribution < -0.4 is 5.32 Å². The summed E-state index contributed by atoms with van der Waals surface area (Å²) in [6, 6.07) is 5.42. The standard InChI is InChI=1S/C15H18FNO4/c1-15(2,3)12(18)9-21-13(19)8-17-14(20)10-6-4-5-7-11(10)16/h4-7H,8-9H2,1-3H3,(H,17,20). The van der Waals surface area contributed by atoms with Crippen LogP contribution in [0.1, 0.15) is 31.1 Å². The van der Waals surface area contributed by atoms with Gasteiger partial charge in [-0.05, 0) is 12.1 Å². The molecule has 0 radical (unpaired) electrons. The average molecular weight is 295 g/mol. The highest BCUT2D eigenvalue weighted by Crippen LogP contribution is 2.14. The van der Waals surface area contributed by atoms with Gasteiger partial charge < -0.3 is 10.1 Å². The number of Topliss-reactive ketones (excluding diaryl/α,β-unsaturated/α-hetero) is 1. The summed E-state index contributed by atoms with van der Waals surface area (Å²) in [6.07, 6.45) is 0. The summed E-state index contributed by atoms with van der Waals surface area (Å²) in [5, 5.41) is 2.24. The summed E-state index contributed by atoms with van der Waals surface area (Å²) in [5.41, 5.74) is -0.757. The molecule has 0 heterocycles. The van der Waals surface area contributed by atoms with Crippen molar-refractivity contribution in [2.24, 2.45) is 5.41 Å². The quantitative estimate of drug-likeness (QED) is 0.839. The second kappa shape index (κ2) is 6.97. The molecule has 0 fully saturated rings. The maximum absolute atomic E-state index is 13.3. The fourth-order valence-electron chi connectivity index (χ4n) is 1.31. The Morgan fingerprint density at radius 3 is 2.38 bits per heavy atom. The fraction of sp³-hybridized carbons (Fsp3) is 0.400. The van der Waals surface area contributed by atoms with Gasteiger partial charge in [0.15, 0.2) is 12.4 Å². The Morgan fingerprint density at radius 2 is 1.81 bits per heavy atom. The first-order valence-electron chi connectivity index (χ1n) is 6.43. The molecule has 1 amide bonds. The number of halogens is 1. The van der Waals surface area contributed by atoms with Crippen LogP contribution in [0.25, 0.3) is 0 Å².